The van der Waals surface area contributed by atoms with Gasteiger partial charge in [-0.25, -0.2) is 4.79 Å². The normalized spacial score (nSPS) is 63.1. The smallest absolute Gasteiger partial charge is 0.334 e. The Labute approximate surface area is 151 Å². The molecule has 2 spiro atoms. The second-order valence-corrected chi connectivity index (χ2v) is 10.0. The second-order valence-electron chi connectivity index (χ2n) is 10.0. The molecular weight excluding hydrogens is 336 g/mol. The fourth-order valence-electron chi connectivity index (χ4n) is 7.56. The summed E-state index contributed by atoms with van der Waals surface area (Å²) in [5.74, 6) is 0.159. The molecule has 4 aliphatic heterocycles. The number of hydrogen-bond donors (Lipinski definition) is 1. The van der Waals surface area contributed by atoms with Crippen LogP contribution in [-0.4, -0.2) is 58.4 Å². The topological polar surface area (TPSA) is 84.1 Å². The van der Waals surface area contributed by atoms with Gasteiger partial charge in [0.25, 0.3) is 0 Å². The molecule has 6 heteroatoms. The zero-order chi connectivity index (χ0) is 17.9. The Kier molecular flexibility index (Phi) is 2.12. The van der Waals surface area contributed by atoms with Crippen LogP contribution in [0.15, 0.2) is 11.1 Å². The van der Waals surface area contributed by atoms with Gasteiger partial charge in [0.05, 0.1) is 6.10 Å². The minimum Gasteiger partial charge on any atom is -0.458 e. The number of cyclic esters (lactones) is 1. The summed E-state index contributed by atoms with van der Waals surface area (Å²) in [6.45, 7) is 6.77. The Balaban J connectivity index is 1.40. The molecule has 0 amide bonds. The van der Waals surface area contributed by atoms with Crippen molar-refractivity contribution in [2.45, 2.75) is 87.2 Å². The highest BCUT2D eigenvalue weighted by atomic mass is 16.7. The summed E-state index contributed by atoms with van der Waals surface area (Å²) in [5, 5.41) is 11.9. The van der Waals surface area contributed by atoms with E-state index < -0.39 is 16.6 Å². The lowest BCUT2D eigenvalue weighted by Gasteiger charge is -2.56. The molecule has 0 radical (unpaired) electrons. The maximum absolute atomic E-state index is 12.1. The number of hydrogen-bond acceptors (Lipinski definition) is 6. The van der Waals surface area contributed by atoms with Crippen molar-refractivity contribution < 1.29 is 28.8 Å². The molecule has 4 heterocycles. The average molecular weight is 360 g/mol. The summed E-state index contributed by atoms with van der Waals surface area (Å²) in [5.41, 5.74) is -1.09. The molecule has 0 aromatic carbocycles. The third-order valence-electron chi connectivity index (χ3n) is 9.21. The van der Waals surface area contributed by atoms with Crippen molar-refractivity contribution in [3.63, 3.8) is 0 Å². The van der Waals surface area contributed by atoms with E-state index >= 15 is 0 Å². The molecule has 0 aromatic heterocycles. The van der Waals surface area contributed by atoms with Crippen molar-refractivity contribution in [1.29, 1.82) is 0 Å². The van der Waals surface area contributed by atoms with Crippen molar-refractivity contribution in [2.24, 2.45) is 11.3 Å². The van der Waals surface area contributed by atoms with Crippen LogP contribution in [0.3, 0.4) is 0 Å². The van der Waals surface area contributed by atoms with Crippen LogP contribution in [0.2, 0.25) is 0 Å². The number of carbonyl (C=O) groups is 1. The molecule has 3 saturated heterocycles. The number of epoxide rings is 3. The maximum Gasteiger partial charge on any atom is 0.334 e. The molecule has 2 saturated carbocycles. The van der Waals surface area contributed by atoms with Crippen LogP contribution in [0.25, 0.3) is 0 Å². The predicted molar refractivity (Wildman–Crippen MR) is 87.2 cm³/mol. The molecule has 7 rings (SSSR count). The molecule has 1 N–H and O–H groups in total. The van der Waals surface area contributed by atoms with Crippen LogP contribution in [0, 0.1) is 11.3 Å². The van der Waals surface area contributed by atoms with Gasteiger partial charge in [-0.05, 0) is 18.8 Å². The largest absolute Gasteiger partial charge is 0.458 e. The third-order valence-corrected chi connectivity index (χ3v) is 9.21. The third kappa shape index (κ3) is 1.14. The Bertz CT molecular complexity index is 834. The first-order valence-corrected chi connectivity index (χ1v) is 9.91. The Morgan fingerprint density at radius 1 is 1.19 bits per heavy atom. The lowest BCUT2D eigenvalue weighted by Crippen LogP contribution is -2.70. The molecule has 0 bridgehead atoms. The van der Waals surface area contributed by atoms with E-state index in [2.05, 4.69) is 20.8 Å². The molecule has 140 valence electrons. The molecular formula is C20H24O6. The van der Waals surface area contributed by atoms with E-state index in [1.165, 1.54) is 0 Å². The van der Waals surface area contributed by atoms with Gasteiger partial charge in [0, 0.05) is 29.4 Å². The van der Waals surface area contributed by atoms with E-state index in [9.17, 15) is 9.90 Å². The van der Waals surface area contributed by atoms with Gasteiger partial charge < -0.3 is 24.1 Å². The van der Waals surface area contributed by atoms with E-state index in [0.717, 1.165) is 12.0 Å². The molecule has 7 aliphatic rings. The average Bonchev–Trinajstić information content (AvgIpc) is 3.47. The van der Waals surface area contributed by atoms with Crippen LogP contribution < -0.4 is 0 Å². The van der Waals surface area contributed by atoms with Gasteiger partial charge in [-0.15, -0.1) is 0 Å². The Hall–Kier alpha value is -0.950. The molecule has 3 aliphatic carbocycles. The Morgan fingerprint density at radius 3 is 2.77 bits per heavy atom. The Morgan fingerprint density at radius 2 is 2.00 bits per heavy atom. The standard InChI is InChI=1S/C20H24O6/c1-9(2)17-8-19-12(24-19)6-18(22)11-7-23-15(21)10(11)4-5-16(18,3)20(19)14(26-20)13(17)25-17/h9,12-14,22H,4-8H2,1-3H3/t12-,13-,14-,16-,17-,18+,19-,20+/m0/s1. The molecule has 6 nitrogen and oxygen atoms in total. The van der Waals surface area contributed by atoms with E-state index in [4.69, 9.17) is 18.9 Å². The van der Waals surface area contributed by atoms with Gasteiger partial charge >= 0.3 is 5.97 Å². The zero-order valence-corrected chi connectivity index (χ0v) is 15.3. The fourth-order valence-corrected chi connectivity index (χ4v) is 7.56. The van der Waals surface area contributed by atoms with Crippen molar-refractivity contribution >= 4 is 5.97 Å². The van der Waals surface area contributed by atoms with Crippen molar-refractivity contribution in [2.75, 3.05) is 6.61 Å². The summed E-state index contributed by atoms with van der Waals surface area (Å²) in [6, 6.07) is 0. The number of ether oxygens (including phenoxy) is 4. The monoisotopic (exact) mass is 360 g/mol. The molecule has 26 heavy (non-hydrogen) atoms. The van der Waals surface area contributed by atoms with Gasteiger partial charge in [0.15, 0.2) is 0 Å². The fraction of sp³-hybridized carbons (Fsp3) is 0.850. The quantitative estimate of drug-likeness (QED) is 0.560. The predicted octanol–water partition coefficient (Wildman–Crippen LogP) is 1.25. The van der Waals surface area contributed by atoms with E-state index in [1.54, 1.807) is 0 Å². The van der Waals surface area contributed by atoms with E-state index in [1.807, 2.05) is 0 Å². The maximum atomic E-state index is 12.1. The highest BCUT2D eigenvalue weighted by molar-refractivity contribution is 5.92. The number of fused-ring (bicyclic) bond motifs is 4. The van der Waals surface area contributed by atoms with E-state index in [0.29, 0.717) is 30.8 Å². The van der Waals surface area contributed by atoms with Gasteiger partial charge in [0.1, 0.15) is 41.2 Å². The number of aliphatic hydroxyl groups is 1. The number of esters is 1. The highest BCUT2D eigenvalue weighted by Gasteiger charge is 2.99. The summed E-state index contributed by atoms with van der Waals surface area (Å²) < 4.78 is 24.4. The molecule has 0 aromatic rings. The van der Waals surface area contributed by atoms with Crippen LogP contribution >= 0.6 is 0 Å². The van der Waals surface area contributed by atoms with Gasteiger partial charge in [-0.3, -0.25) is 0 Å². The zero-order valence-electron chi connectivity index (χ0n) is 15.3. The lowest BCUT2D eigenvalue weighted by molar-refractivity contribution is -0.141. The first-order valence-electron chi connectivity index (χ1n) is 9.91. The van der Waals surface area contributed by atoms with Gasteiger partial charge in [-0.2, -0.15) is 0 Å². The van der Waals surface area contributed by atoms with Crippen LogP contribution in [0.5, 0.6) is 0 Å². The van der Waals surface area contributed by atoms with Crippen LogP contribution in [0.4, 0.5) is 0 Å². The summed E-state index contributed by atoms with van der Waals surface area (Å²) in [4.78, 5) is 12.1. The minimum atomic E-state index is -1.10. The van der Waals surface area contributed by atoms with Gasteiger partial charge in [0.2, 0.25) is 0 Å². The van der Waals surface area contributed by atoms with Crippen LogP contribution in [-0.2, 0) is 23.7 Å². The summed E-state index contributed by atoms with van der Waals surface area (Å²) in [6.07, 6.45) is 2.80. The molecule has 5 fully saturated rings. The summed E-state index contributed by atoms with van der Waals surface area (Å²) in [7, 11) is 0. The van der Waals surface area contributed by atoms with E-state index in [-0.39, 0.29) is 42.1 Å². The van der Waals surface area contributed by atoms with Gasteiger partial charge in [-0.1, -0.05) is 20.8 Å². The first-order chi connectivity index (χ1) is 12.3. The lowest BCUT2D eigenvalue weighted by atomic mass is 9.45. The second kappa shape index (κ2) is 3.66. The molecule has 8 atom stereocenters. The number of rotatable bonds is 1. The molecule has 0 unspecified atom stereocenters. The SMILES string of the molecule is CC(C)[C@@]12C[C@]34O[C@H]3C[C@@]3(O)C5=C(CC[C@]3(C)[C@@]43O[C@H]3[C@@H]1O2)C(=O)OC5. The van der Waals surface area contributed by atoms with Crippen molar-refractivity contribution in [1.82, 2.24) is 0 Å². The van der Waals surface area contributed by atoms with Crippen LogP contribution in [0.1, 0.15) is 46.5 Å². The highest BCUT2D eigenvalue weighted by Crippen LogP contribution is 2.83. The first kappa shape index (κ1) is 15.0. The minimum absolute atomic E-state index is 0.0133. The van der Waals surface area contributed by atoms with Crippen molar-refractivity contribution in [3.8, 4) is 0 Å². The number of carbonyl (C=O) groups excluding carboxylic acids is 1. The van der Waals surface area contributed by atoms with Crippen molar-refractivity contribution in [3.05, 3.63) is 11.1 Å². The summed E-state index contributed by atoms with van der Waals surface area (Å²) >= 11 is 0.